The van der Waals surface area contributed by atoms with Crippen LogP contribution in [0.25, 0.3) is 11.4 Å². The van der Waals surface area contributed by atoms with E-state index in [1.165, 1.54) is 18.2 Å². The van der Waals surface area contributed by atoms with Gasteiger partial charge in [0.1, 0.15) is 5.82 Å². The molecule has 0 bridgehead atoms. The number of esters is 1. The Morgan fingerprint density at radius 3 is 2.80 bits per heavy atom. The highest BCUT2D eigenvalue weighted by Crippen LogP contribution is 2.21. The standard InChI is InChI=1S/C18H14ClFN2O3/c1-11-5-2-3-6-12(11)18-21-16(25-22-18)10-24-17(23)9-13-14(19)7-4-8-15(13)20/h2-8H,9-10H2,1H3. The number of carbonyl (C=O) groups is 1. The molecule has 0 saturated heterocycles. The number of rotatable bonds is 5. The quantitative estimate of drug-likeness (QED) is 0.640. The minimum absolute atomic E-state index is 0.0975. The molecule has 0 atom stereocenters. The summed E-state index contributed by atoms with van der Waals surface area (Å²) < 4.78 is 23.8. The third-order valence-electron chi connectivity index (χ3n) is 3.59. The second-order valence-corrected chi connectivity index (χ2v) is 5.77. The first-order valence-electron chi connectivity index (χ1n) is 7.51. The van der Waals surface area contributed by atoms with Gasteiger partial charge >= 0.3 is 5.97 Å². The van der Waals surface area contributed by atoms with Crippen LogP contribution in [0.1, 0.15) is 17.0 Å². The molecule has 2 aromatic carbocycles. The molecule has 0 aliphatic rings. The number of hydrogen-bond donors (Lipinski definition) is 0. The molecule has 0 spiro atoms. The van der Waals surface area contributed by atoms with Crippen molar-refractivity contribution in [1.82, 2.24) is 10.1 Å². The number of halogens is 2. The Labute approximate surface area is 148 Å². The maximum absolute atomic E-state index is 13.7. The number of ether oxygens (including phenoxy) is 1. The van der Waals surface area contributed by atoms with Gasteiger partial charge in [0.25, 0.3) is 5.89 Å². The Kier molecular flexibility index (Phi) is 5.09. The molecule has 3 rings (SSSR count). The van der Waals surface area contributed by atoms with Crippen LogP contribution < -0.4 is 0 Å². The van der Waals surface area contributed by atoms with Gasteiger partial charge in [-0.05, 0) is 24.6 Å². The average molecular weight is 361 g/mol. The highest BCUT2D eigenvalue weighted by Gasteiger charge is 2.15. The molecule has 1 aromatic heterocycles. The van der Waals surface area contributed by atoms with Gasteiger partial charge in [0, 0.05) is 16.1 Å². The van der Waals surface area contributed by atoms with Crippen molar-refractivity contribution in [3.8, 4) is 11.4 Å². The molecule has 7 heteroatoms. The second kappa shape index (κ2) is 7.44. The Bertz CT molecular complexity index is 891. The highest BCUT2D eigenvalue weighted by atomic mass is 35.5. The molecule has 0 amide bonds. The SMILES string of the molecule is Cc1ccccc1-c1noc(COC(=O)Cc2c(F)cccc2Cl)n1. The van der Waals surface area contributed by atoms with Gasteiger partial charge in [-0.3, -0.25) is 4.79 Å². The zero-order chi connectivity index (χ0) is 17.8. The van der Waals surface area contributed by atoms with E-state index in [-0.39, 0.29) is 29.5 Å². The Morgan fingerprint density at radius 2 is 2.04 bits per heavy atom. The summed E-state index contributed by atoms with van der Waals surface area (Å²) >= 11 is 5.89. The maximum Gasteiger partial charge on any atom is 0.310 e. The van der Waals surface area contributed by atoms with Gasteiger partial charge in [-0.15, -0.1) is 0 Å². The van der Waals surface area contributed by atoms with E-state index in [2.05, 4.69) is 10.1 Å². The molecule has 0 unspecified atom stereocenters. The zero-order valence-corrected chi connectivity index (χ0v) is 14.1. The van der Waals surface area contributed by atoms with Crippen LogP contribution in [0.4, 0.5) is 4.39 Å². The smallest absolute Gasteiger partial charge is 0.310 e. The van der Waals surface area contributed by atoms with Gasteiger partial charge in [0.15, 0.2) is 6.61 Å². The van der Waals surface area contributed by atoms with Gasteiger partial charge in [-0.1, -0.05) is 47.1 Å². The maximum atomic E-state index is 13.7. The van der Waals surface area contributed by atoms with Crippen molar-refractivity contribution in [1.29, 1.82) is 0 Å². The van der Waals surface area contributed by atoms with Crippen LogP contribution in [0.3, 0.4) is 0 Å². The van der Waals surface area contributed by atoms with E-state index in [0.717, 1.165) is 11.1 Å². The van der Waals surface area contributed by atoms with Gasteiger partial charge in [0.05, 0.1) is 6.42 Å². The number of nitrogens with zero attached hydrogens (tertiary/aromatic N) is 2. The molecule has 25 heavy (non-hydrogen) atoms. The van der Waals surface area contributed by atoms with Gasteiger partial charge in [-0.2, -0.15) is 4.98 Å². The molecule has 0 aliphatic heterocycles. The van der Waals surface area contributed by atoms with E-state index in [4.69, 9.17) is 20.9 Å². The lowest BCUT2D eigenvalue weighted by atomic mass is 10.1. The van der Waals surface area contributed by atoms with Crippen molar-refractivity contribution < 1.29 is 18.4 Å². The summed E-state index contributed by atoms with van der Waals surface area (Å²) in [6.07, 6.45) is -0.274. The fourth-order valence-corrected chi connectivity index (χ4v) is 2.52. The summed E-state index contributed by atoms with van der Waals surface area (Å²) in [5.74, 6) is -0.612. The summed E-state index contributed by atoms with van der Waals surface area (Å²) in [5, 5.41) is 4.06. The average Bonchev–Trinajstić information content (AvgIpc) is 3.06. The van der Waals surface area contributed by atoms with Crippen molar-refractivity contribution in [2.45, 2.75) is 20.0 Å². The van der Waals surface area contributed by atoms with E-state index in [1.54, 1.807) is 0 Å². The summed E-state index contributed by atoms with van der Waals surface area (Å²) in [6, 6.07) is 11.8. The van der Waals surface area contributed by atoms with Gasteiger partial charge < -0.3 is 9.26 Å². The largest absolute Gasteiger partial charge is 0.455 e. The van der Waals surface area contributed by atoms with Crippen LogP contribution in [-0.2, 0) is 22.6 Å². The van der Waals surface area contributed by atoms with E-state index >= 15 is 0 Å². The normalized spacial score (nSPS) is 10.7. The van der Waals surface area contributed by atoms with Crippen LogP contribution in [0.5, 0.6) is 0 Å². The number of hydrogen-bond acceptors (Lipinski definition) is 5. The number of aromatic nitrogens is 2. The zero-order valence-electron chi connectivity index (χ0n) is 13.3. The molecular formula is C18H14ClFN2O3. The molecule has 0 N–H and O–H groups in total. The van der Waals surface area contributed by atoms with Crippen LogP contribution in [-0.4, -0.2) is 16.1 Å². The molecule has 3 aromatic rings. The Morgan fingerprint density at radius 1 is 1.24 bits per heavy atom. The molecule has 0 fully saturated rings. The van der Waals surface area contributed by atoms with Gasteiger partial charge in [0.2, 0.25) is 5.82 Å². The van der Waals surface area contributed by atoms with E-state index < -0.39 is 11.8 Å². The van der Waals surface area contributed by atoms with E-state index in [9.17, 15) is 9.18 Å². The Balaban J connectivity index is 1.63. The monoisotopic (exact) mass is 360 g/mol. The number of benzene rings is 2. The molecular weight excluding hydrogens is 347 g/mol. The molecule has 1 heterocycles. The molecule has 0 aliphatic carbocycles. The minimum Gasteiger partial charge on any atom is -0.455 e. The predicted molar refractivity (Wildman–Crippen MR) is 89.4 cm³/mol. The molecule has 128 valence electrons. The van der Waals surface area contributed by atoms with Crippen molar-refractivity contribution in [2.24, 2.45) is 0 Å². The van der Waals surface area contributed by atoms with Crippen LogP contribution >= 0.6 is 11.6 Å². The first-order valence-corrected chi connectivity index (χ1v) is 7.89. The van der Waals surface area contributed by atoms with Crippen molar-refractivity contribution >= 4 is 17.6 Å². The summed E-state index contributed by atoms with van der Waals surface area (Å²) in [6.45, 7) is 1.74. The lowest BCUT2D eigenvalue weighted by Crippen LogP contribution is -2.09. The molecule has 0 saturated carbocycles. The summed E-state index contributed by atoms with van der Waals surface area (Å²) in [4.78, 5) is 16.1. The predicted octanol–water partition coefficient (Wildman–Crippen LogP) is 4.12. The highest BCUT2D eigenvalue weighted by molar-refractivity contribution is 6.31. The number of carbonyl (C=O) groups excluding carboxylic acids is 1. The van der Waals surface area contributed by atoms with Crippen LogP contribution in [0.2, 0.25) is 5.02 Å². The lowest BCUT2D eigenvalue weighted by Gasteiger charge is -2.05. The Hall–Kier alpha value is -2.73. The van der Waals surface area contributed by atoms with Crippen molar-refractivity contribution in [3.05, 3.63) is 70.3 Å². The fourth-order valence-electron chi connectivity index (χ4n) is 2.29. The van der Waals surface area contributed by atoms with Crippen molar-refractivity contribution in [2.75, 3.05) is 0 Å². The fraction of sp³-hybridized carbons (Fsp3) is 0.167. The molecule has 0 radical (unpaired) electrons. The van der Waals surface area contributed by atoms with Crippen LogP contribution in [0, 0.1) is 12.7 Å². The first-order chi connectivity index (χ1) is 12.0. The van der Waals surface area contributed by atoms with Crippen molar-refractivity contribution in [3.63, 3.8) is 0 Å². The van der Waals surface area contributed by atoms with Gasteiger partial charge in [-0.25, -0.2) is 4.39 Å². The first kappa shape index (κ1) is 17.1. The second-order valence-electron chi connectivity index (χ2n) is 5.36. The lowest BCUT2D eigenvalue weighted by molar-refractivity contribution is -0.144. The number of aryl methyl sites for hydroxylation is 1. The summed E-state index contributed by atoms with van der Waals surface area (Å²) in [5.41, 5.74) is 1.93. The molecule has 5 nitrogen and oxygen atoms in total. The topological polar surface area (TPSA) is 65.2 Å². The van der Waals surface area contributed by atoms with E-state index in [0.29, 0.717) is 5.82 Å². The summed E-state index contributed by atoms with van der Waals surface area (Å²) in [7, 11) is 0. The van der Waals surface area contributed by atoms with E-state index in [1.807, 2.05) is 31.2 Å². The third kappa shape index (κ3) is 4.03. The van der Waals surface area contributed by atoms with Crippen LogP contribution in [0.15, 0.2) is 47.0 Å². The third-order valence-corrected chi connectivity index (χ3v) is 3.95. The minimum atomic E-state index is -0.636.